The molecule has 0 atom stereocenters. The molecule has 3 heteroatoms. The number of allylic oxidation sites excluding steroid dienone is 12. The number of hydrogen-bond donors (Lipinski definition) is 1. The van der Waals surface area contributed by atoms with Crippen molar-refractivity contribution >= 4 is 11.7 Å². The lowest BCUT2D eigenvalue weighted by Gasteiger charge is -2.03. The van der Waals surface area contributed by atoms with Crippen molar-refractivity contribution in [2.24, 2.45) is 0 Å². The minimum Gasteiger partial charge on any atom is -0.349 e. The summed E-state index contributed by atoms with van der Waals surface area (Å²) in [5, 5.41) is 2.69. The van der Waals surface area contributed by atoms with Crippen LogP contribution in [-0.4, -0.2) is 18.2 Å². The lowest BCUT2D eigenvalue weighted by Crippen LogP contribution is -2.29. The molecule has 0 bridgehead atoms. The molecular weight excluding hydrogens is 406 g/mol. The Morgan fingerprint density at radius 3 is 1.61 bits per heavy atom. The molecule has 1 rings (SSSR count). The van der Waals surface area contributed by atoms with E-state index < -0.39 is 0 Å². The first-order valence-corrected chi connectivity index (χ1v) is 12.0. The summed E-state index contributed by atoms with van der Waals surface area (Å²) in [6, 6.07) is 9.01. The molecule has 1 aromatic rings. The van der Waals surface area contributed by atoms with Crippen molar-refractivity contribution in [1.82, 2.24) is 5.32 Å². The maximum absolute atomic E-state index is 12.0. The van der Waals surface area contributed by atoms with Gasteiger partial charge in [-0.3, -0.25) is 9.59 Å². The number of carbonyl (C=O) groups excluding carboxylic acids is 2. The zero-order chi connectivity index (χ0) is 23.8. The standard InChI is InChI=1S/C30H39NO2/c1-2-3-4-5-6-7-8-9-10-11-12-13-14-15-16-17-18-19-23-26-30(33)31-27-29(32)28-24-21-20-22-25-28/h3-4,6-7,9-10,12-13,15-16,18-22,24-25H,2,5,8,11,14,17,23,26-27H2,1H3,(H,31,33). The molecule has 0 aliphatic heterocycles. The van der Waals surface area contributed by atoms with E-state index in [-0.39, 0.29) is 18.2 Å². The summed E-state index contributed by atoms with van der Waals surface area (Å²) >= 11 is 0. The van der Waals surface area contributed by atoms with Crippen LogP contribution in [0.25, 0.3) is 0 Å². The summed E-state index contributed by atoms with van der Waals surface area (Å²) < 4.78 is 0. The average Bonchev–Trinajstić information content (AvgIpc) is 2.84. The van der Waals surface area contributed by atoms with E-state index in [4.69, 9.17) is 0 Å². The molecule has 0 saturated heterocycles. The third-order valence-electron chi connectivity index (χ3n) is 4.68. The fraction of sp³-hybridized carbons (Fsp3) is 0.333. The fourth-order valence-corrected chi connectivity index (χ4v) is 2.85. The second kappa shape index (κ2) is 20.7. The first-order valence-electron chi connectivity index (χ1n) is 12.0. The van der Waals surface area contributed by atoms with Crippen molar-refractivity contribution in [3.05, 3.63) is 109 Å². The van der Waals surface area contributed by atoms with Crippen LogP contribution in [0.1, 0.15) is 68.6 Å². The van der Waals surface area contributed by atoms with Gasteiger partial charge in [0.15, 0.2) is 5.78 Å². The van der Waals surface area contributed by atoms with E-state index in [9.17, 15) is 9.59 Å². The highest BCUT2D eigenvalue weighted by Gasteiger charge is 2.06. The van der Waals surface area contributed by atoms with Crippen molar-refractivity contribution in [3.8, 4) is 0 Å². The molecular formula is C30H39NO2. The highest BCUT2D eigenvalue weighted by atomic mass is 16.2. The molecule has 0 fully saturated rings. The molecule has 1 aromatic carbocycles. The second-order valence-corrected chi connectivity index (χ2v) is 7.52. The van der Waals surface area contributed by atoms with Crippen LogP contribution in [0.5, 0.6) is 0 Å². The highest BCUT2D eigenvalue weighted by Crippen LogP contribution is 2.00. The number of Topliss-reactive ketones (excluding diaryl/α,β-unsaturated/α-hetero) is 1. The van der Waals surface area contributed by atoms with Crippen LogP contribution in [0.4, 0.5) is 0 Å². The van der Waals surface area contributed by atoms with E-state index in [0.29, 0.717) is 18.4 Å². The minimum atomic E-state index is -0.0983. The minimum absolute atomic E-state index is 0.0482. The van der Waals surface area contributed by atoms with Crippen LogP contribution >= 0.6 is 0 Å². The Morgan fingerprint density at radius 2 is 1.12 bits per heavy atom. The molecule has 0 heterocycles. The summed E-state index contributed by atoms with van der Waals surface area (Å²) in [6.07, 6.45) is 32.9. The third-order valence-corrected chi connectivity index (χ3v) is 4.68. The Balaban J connectivity index is 2.00. The maximum atomic E-state index is 12.0. The smallest absolute Gasteiger partial charge is 0.220 e. The van der Waals surface area contributed by atoms with Crippen LogP contribution in [0, 0.1) is 0 Å². The van der Waals surface area contributed by atoms with E-state index in [1.807, 2.05) is 24.3 Å². The van der Waals surface area contributed by atoms with Crippen molar-refractivity contribution in [1.29, 1.82) is 0 Å². The number of carbonyl (C=O) groups is 2. The van der Waals surface area contributed by atoms with E-state index in [0.717, 1.165) is 38.5 Å². The summed E-state index contributed by atoms with van der Waals surface area (Å²) in [7, 11) is 0. The quantitative estimate of drug-likeness (QED) is 0.200. The molecule has 0 aromatic heterocycles. The largest absolute Gasteiger partial charge is 0.349 e. The van der Waals surface area contributed by atoms with Crippen LogP contribution < -0.4 is 5.32 Å². The first-order chi connectivity index (χ1) is 16.2. The van der Waals surface area contributed by atoms with Gasteiger partial charge in [-0.15, -0.1) is 0 Å². The lowest BCUT2D eigenvalue weighted by molar-refractivity contribution is -0.120. The number of nitrogens with one attached hydrogen (secondary N) is 1. The molecule has 0 spiro atoms. The van der Waals surface area contributed by atoms with Gasteiger partial charge in [-0.25, -0.2) is 0 Å². The van der Waals surface area contributed by atoms with Crippen molar-refractivity contribution in [2.75, 3.05) is 6.54 Å². The number of amides is 1. The molecule has 0 unspecified atom stereocenters. The Kier molecular flexibility index (Phi) is 17.4. The van der Waals surface area contributed by atoms with Gasteiger partial charge in [0.2, 0.25) is 5.91 Å². The van der Waals surface area contributed by atoms with Gasteiger partial charge in [0.25, 0.3) is 0 Å². The van der Waals surface area contributed by atoms with E-state index >= 15 is 0 Å². The number of hydrogen-bond acceptors (Lipinski definition) is 2. The molecule has 0 radical (unpaired) electrons. The van der Waals surface area contributed by atoms with Crippen molar-refractivity contribution in [2.45, 2.75) is 58.3 Å². The van der Waals surface area contributed by atoms with Gasteiger partial charge in [-0.2, -0.15) is 0 Å². The summed E-state index contributed by atoms with van der Waals surface area (Å²) in [6.45, 7) is 2.20. The normalized spacial score (nSPS) is 12.4. The molecule has 1 N–H and O–H groups in total. The second-order valence-electron chi connectivity index (χ2n) is 7.52. The summed E-state index contributed by atoms with van der Waals surface area (Å²) in [5.41, 5.74) is 0.620. The summed E-state index contributed by atoms with van der Waals surface area (Å²) in [4.78, 5) is 23.8. The number of rotatable bonds is 17. The Bertz CT molecular complexity index is 826. The maximum Gasteiger partial charge on any atom is 0.220 e. The van der Waals surface area contributed by atoms with E-state index in [1.54, 1.807) is 12.1 Å². The van der Waals surface area contributed by atoms with Gasteiger partial charge in [-0.1, -0.05) is 110 Å². The molecule has 176 valence electrons. The Labute approximate surface area is 200 Å². The number of ketones is 1. The van der Waals surface area contributed by atoms with Crippen LogP contribution in [-0.2, 0) is 4.79 Å². The van der Waals surface area contributed by atoms with Gasteiger partial charge in [0.05, 0.1) is 6.54 Å². The fourth-order valence-electron chi connectivity index (χ4n) is 2.85. The molecule has 0 aliphatic carbocycles. The predicted octanol–water partition coefficient (Wildman–Crippen LogP) is 7.46. The molecule has 1 amide bonds. The van der Waals surface area contributed by atoms with Crippen LogP contribution in [0.3, 0.4) is 0 Å². The van der Waals surface area contributed by atoms with Crippen molar-refractivity contribution in [3.63, 3.8) is 0 Å². The average molecular weight is 446 g/mol. The van der Waals surface area contributed by atoms with Crippen LogP contribution in [0.15, 0.2) is 103 Å². The van der Waals surface area contributed by atoms with Crippen LogP contribution in [0.2, 0.25) is 0 Å². The highest BCUT2D eigenvalue weighted by molar-refractivity contribution is 5.99. The Morgan fingerprint density at radius 1 is 0.667 bits per heavy atom. The van der Waals surface area contributed by atoms with Gasteiger partial charge in [0.1, 0.15) is 0 Å². The van der Waals surface area contributed by atoms with Crippen molar-refractivity contribution < 1.29 is 9.59 Å². The van der Waals surface area contributed by atoms with E-state index in [1.165, 1.54) is 0 Å². The zero-order valence-corrected chi connectivity index (χ0v) is 20.0. The first kappa shape index (κ1) is 27.8. The van der Waals surface area contributed by atoms with E-state index in [2.05, 4.69) is 79.1 Å². The van der Waals surface area contributed by atoms with Gasteiger partial charge >= 0.3 is 0 Å². The van der Waals surface area contributed by atoms with Gasteiger partial charge in [-0.05, 0) is 44.9 Å². The molecule has 0 saturated carbocycles. The lowest BCUT2D eigenvalue weighted by atomic mass is 10.1. The zero-order valence-electron chi connectivity index (χ0n) is 20.0. The topological polar surface area (TPSA) is 46.2 Å². The third kappa shape index (κ3) is 17.1. The van der Waals surface area contributed by atoms with Gasteiger partial charge in [0, 0.05) is 12.0 Å². The molecule has 33 heavy (non-hydrogen) atoms. The summed E-state index contributed by atoms with van der Waals surface area (Å²) in [5.74, 6) is -0.170. The Hall–Kier alpha value is -3.20. The number of benzene rings is 1. The monoisotopic (exact) mass is 445 g/mol. The molecule has 0 aliphatic rings. The predicted molar refractivity (Wildman–Crippen MR) is 141 cm³/mol. The van der Waals surface area contributed by atoms with Gasteiger partial charge < -0.3 is 5.32 Å². The SMILES string of the molecule is CCC=CCC=CCC=CCC=CCC=CCC=CCCC(=O)NCC(=O)c1ccccc1. The molecule has 3 nitrogen and oxygen atoms in total.